The highest BCUT2D eigenvalue weighted by Crippen LogP contribution is 2.33. The molecule has 4 rings (SSSR count). The number of benzene rings is 2. The zero-order valence-electron chi connectivity index (χ0n) is 15.7. The number of nitrogens with zero attached hydrogens (tertiary/aromatic N) is 2. The van der Waals surface area contributed by atoms with Gasteiger partial charge in [-0.1, -0.05) is 47.1 Å². The summed E-state index contributed by atoms with van der Waals surface area (Å²) < 4.78 is 43.6. The van der Waals surface area contributed by atoms with Crippen molar-refractivity contribution in [3.05, 3.63) is 77.0 Å². The zero-order valence-corrected chi connectivity index (χ0v) is 15.7. The van der Waals surface area contributed by atoms with E-state index in [1.54, 1.807) is 4.90 Å². The van der Waals surface area contributed by atoms with E-state index in [1.807, 2.05) is 31.2 Å². The van der Waals surface area contributed by atoms with Gasteiger partial charge in [-0.05, 0) is 31.0 Å². The molecule has 29 heavy (non-hydrogen) atoms. The first-order valence-corrected chi connectivity index (χ1v) is 9.31. The highest BCUT2D eigenvalue weighted by molar-refractivity contribution is 5.99. The maximum Gasteiger partial charge on any atom is 0.416 e. The highest BCUT2D eigenvalue weighted by atomic mass is 19.4. The van der Waals surface area contributed by atoms with E-state index in [1.165, 1.54) is 18.3 Å². The number of hydrogen-bond acceptors (Lipinski definition) is 3. The van der Waals surface area contributed by atoms with Crippen molar-refractivity contribution in [1.82, 2.24) is 10.1 Å². The van der Waals surface area contributed by atoms with Gasteiger partial charge in [0.25, 0.3) is 5.91 Å². The number of aromatic nitrogens is 1. The number of hydrogen-bond donors (Lipinski definition) is 0. The SMILES string of the molecule is Cc1ccc(-c2oncc2C(=O)N2CCC(c3ccc(C(F)(F)F)cc3)C2)cc1. The molecule has 2 aromatic carbocycles. The predicted octanol–water partition coefficient (Wildman–Crippen LogP) is 5.30. The van der Waals surface area contributed by atoms with Crippen molar-refractivity contribution in [2.45, 2.75) is 25.4 Å². The van der Waals surface area contributed by atoms with Crippen LogP contribution in [0.5, 0.6) is 0 Å². The van der Waals surface area contributed by atoms with Gasteiger partial charge < -0.3 is 9.42 Å². The van der Waals surface area contributed by atoms with Gasteiger partial charge in [-0.3, -0.25) is 4.79 Å². The number of rotatable bonds is 3. The van der Waals surface area contributed by atoms with Crippen LogP contribution in [-0.2, 0) is 6.18 Å². The topological polar surface area (TPSA) is 46.3 Å². The molecule has 1 aliphatic rings. The van der Waals surface area contributed by atoms with Crippen LogP contribution in [0.1, 0.15) is 39.4 Å². The third kappa shape index (κ3) is 3.90. The molecule has 1 saturated heterocycles. The van der Waals surface area contributed by atoms with Gasteiger partial charge >= 0.3 is 6.18 Å². The minimum atomic E-state index is -4.35. The lowest BCUT2D eigenvalue weighted by Gasteiger charge is -2.17. The largest absolute Gasteiger partial charge is 0.416 e. The van der Waals surface area contributed by atoms with Gasteiger partial charge in [0.2, 0.25) is 0 Å². The fraction of sp³-hybridized carbons (Fsp3) is 0.273. The average molecular weight is 400 g/mol. The van der Waals surface area contributed by atoms with Crippen LogP contribution in [0.3, 0.4) is 0 Å². The van der Waals surface area contributed by atoms with Crippen LogP contribution in [0.4, 0.5) is 13.2 Å². The summed E-state index contributed by atoms with van der Waals surface area (Å²) in [7, 11) is 0. The lowest BCUT2D eigenvalue weighted by Crippen LogP contribution is -2.28. The molecule has 7 heteroatoms. The number of likely N-dealkylation sites (tertiary alicyclic amines) is 1. The fourth-order valence-corrected chi connectivity index (χ4v) is 3.64. The van der Waals surface area contributed by atoms with E-state index in [4.69, 9.17) is 4.52 Å². The van der Waals surface area contributed by atoms with Crippen molar-refractivity contribution in [3.63, 3.8) is 0 Å². The van der Waals surface area contributed by atoms with Crippen LogP contribution in [0.25, 0.3) is 11.3 Å². The smallest absolute Gasteiger partial charge is 0.355 e. The summed E-state index contributed by atoms with van der Waals surface area (Å²) in [6.07, 6.45) is -2.23. The Morgan fingerprint density at radius 1 is 1.10 bits per heavy atom. The molecule has 0 spiro atoms. The van der Waals surface area contributed by atoms with E-state index in [-0.39, 0.29) is 11.8 Å². The first-order valence-electron chi connectivity index (χ1n) is 9.31. The minimum absolute atomic E-state index is 0.00363. The molecule has 1 fully saturated rings. The van der Waals surface area contributed by atoms with Gasteiger partial charge in [0, 0.05) is 24.6 Å². The van der Waals surface area contributed by atoms with Crippen LogP contribution in [0.15, 0.2) is 59.3 Å². The number of alkyl halides is 3. The first-order chi connectivity index (χ1) is 13.8. The number of carbonyl (C=O) groups excluding carboxylic acids is 1. The van der Waals surface area contributed by atoms with Crippen molar-refractivity contribution in [2.75, 3.05) is 13.1 Å². The predicted molar refractivity (Wildman–Crippen MR) is 101 cm³/mol. The van der Waals surface area contributed by atoms with Crippen molar-refractivity contribution in [3.8, 4) is 11.3 Å². The van der Waals surface area contributed by atoms with Crippen LogP contribution in [0, 0.1) is 6.92 Å². The number of halogens is 3. The number of amides is 1. The van der Waals surface area contributed by atoms with E-state index in [0.717, 1.165) is 28.8 Å². The van der Waals surface area contributed by atoms with Crippen LogP contribution in [-0.4, -0.2) is 29.1 Å². The van der Waals surface area contributed by atoms with Gasteiger partial charge in [-0.25, -0.2) is 0 Å². The molecule has 1 aromatic heterocycles. The van der Waals surface area contributed by atoms with Crippen molar-refractivity contribution >= 4 is 5.91 Å². The molecule has 0 radical (unpaired) electrons. The average Bonchev–Trinajstić information content (AvgIpc) is 3.37. The van der Waals surface area contributed by atoms with Crippen LogP contribution >= 0.6 is 0 Å². The second-order valence-electron chi connectivity index (χ2n) is 7.29. The van der Waals surface area contributed by atoms with E-state index < -0.39 is 11.7 Å². The molecule has 2 heterocycles. The molecule has 0 aliphatic carbocycles. The minimum Gasteiger partial charge on any atom is -0.355 e. The summed E-state index contributed by atoms with van der Waals surface area (Å²) in [5.74, 6) is 0.244. The number of carbonyl (C=O) groups is 1. The van der Waals surface area contributed by atoms with E-state index in [9.17, 15) is 18.0 Å². The molecule has 3 aromatic rings. The van der Waals surface area contributed by atoms with Gasteiger partial charge in [0.1, 0.15) is 5.56 Å². The van der Waals surface area contributed by atoms with Crippen molar-refractivity contribution < 1.29 is 22.5 Å². The summed E-state index contributed by atoms with van der Waals surface area (Å²) in [5.41, 5.74) is 2.40. The second-order valence-corrected chi connectivity index (χ2v) is 7.29. The standard InChI is InChI=1S/C22H19F3N2O2/c1-14-2-4-16(5-3-14)20-19(12-26-29-20)21(28)27-11-10-17(13-27)15-6-8-18(9-7-15)22(23,24)25/h2-9,12,17H,10-11,13H2,1H3. The Morgan fingerprint density at radius 2 is 1.79 bits per heavy atom. The third-order valence-electron chi connectivity index (χ3n) is 5.30. The molecule has 0 bridgehead atoms. The number of aryl methyl sites for hydroxylation is 1. The quantitative estimate of drug-likeness (QED) is 0.600. The normalized spacial score (nSPS) is 17.0. The molecule has 4 nitrogen and oxygen atoms in total. The van der Waals surface area contributed by atoms with Gasteiger partial charge in [0.05, 0.1) is 11.8 Å². The van der Waals surface area contributed by atoms with E-state index in [0.29, 0.717) is 30.8 Å². The lowest BCUT2D eigenvalue weighted by molar-refractivity contribution is -0.137. The van der Waals surface area contributed by atoms with Gasteiger partial charge in [-0.2, -0.15) is 13.2 Å². The Balaban J connectivity index is 1.49. The van der Waals surface area contributed by atoms with Crippen LogP contribution < -0.4 is 0 Å². The molecule has 0 saturated carbocycles. The Bertz CT molecular complexity index is 1010. The summed E-state index contributed by atoms with van der Waals surface area (Å²) >= 11 is 0. The fourth-order valence-electron chi connectivity index (χ4n) is 3.64. The second kappa shape index (κ2) is 7.39. The molecule has 1 unspecified atom stereocenters. The monoisotopic (exact) mass is 400 g/mol. The maximum absolute atomic E-state index is 13.0. The molecule has 1 aliphatic heterocycles. The summed E-state index contributed by atoms with van der Waals surface area (Å²) in [4.78, 5) is 14.7. The summed E-state index contributed by atoms with van der Waals surface area (Å²) in [6, 6.07) is 12.8. The van der Waals surface area contributed by atoms with Crippen LogP contribution in [0.2, 0.25) is 0 Å². The van der Waals surface area contributed by atoms with E-state index >= 15 is 0 Å². The van der Waals surface area contributed by atoms with Crippen molar-refractivity contribution in [2.24, 2.45) is 0 Å². The Labute approximate surface area is 165 Å². The molecule has 1 atom stereocenters. The summed E-state index contributed by atoms with van der Waals surface area (Å²) in [5, 5.41) is 3.79. The highest BCUT2D eigenvalue weighted by Gasteiger charge is 2.33. The maximum atomic E-state index is 13.0. The molecule has 1 amide bonds. The Kier molecular flexibility index (Phi) is 4.90. The third-order valence-corrected chi connectivity index (χ3v) is 5.30. The zero-order chi connectivity index (χ0) is 20.6. The molecular formula is C22H19F3N2O2. The van der Waals surface area contributed by atoms with E-state index in [2.05, 4.69) is 5.16 Å². The molecule has 150 valence electrons. The molecule has 0 N–H and O–H groups in total. The lowest BCUT2D eigenvalue weighted by atomic mass is 9.97. The Morgan fingerprint density at radius 3 is 2.45 bits per heavy atom. The summed E-state index contributed by atoms with van der Waals surface area (Å²) in [6.45, 7) is 2.95. The molecular weight excluding hydrogens is 381 g/mol. The van der Waals surface area contributed by atoms with Gasteiger partial charge in [-0.15, -0.1) is 0 Å². The first kappa shape index (κ1) is 19.2. The van der Waals surface area contributed by atoms with Crippen molar-refractivity contribution in [1.29, 1.82) is 0 Å². The Hall–Kier alpha value is -3.09. The van der Waals surface area contributed by atoms with Gasteiger partial charge in [0.15, 0.2) is 5.76 Å².